The van der Waals surface area contributed by atoms with Crippen molar-refractivity contribution in [1.29, 1.82) is 0 Å². The minimum absolute atomic E-state index is 0.111. The van der Waals surface area contributed by atoms with Crippen LogP contribution < -0.4 is 10.9 Å². The number of pyridine rings is 1. The minimum Gasteiger partial charge on any atom is -0.315 e. The number of rotatable bonds is 5. The highest BCUT2D eigenvalue weighted by Gasteiger charge is 2.14. The normalized spacial score (nSPS) is 12.4. The van der Waals surface area contributed by atoms with Crippen LogP contribution in [0.3, 0.4) is 0 Å². The second-order valence-corrected chi connectivity index (χ2v) is 6.01. The number of nitrogens with zero attached hydrogens (tertiary/aromatic N) is 1. The summed E-state index contributed by atoms with van der Waals surface area (Å²) >= 11 is 0. The van der Waals surface area contributed by atoms with Gasteiger partial charge in [-0.05, 0) is 63.1 Å². The lowest BCUT2D eigenvalue weighted by Crippen LogP contribution is -2.29. The predicted molar refractivity (Wildman–Crippen MR) is 93.4 cm³/mol. The molecule has 0 bridgehead atoms. The Kier molecular flexibility index (Phi) is 5.19. The first-order valence-corrected chi connectivity index (χ1v) is 7.96. The van der Waals surface area contributed by atoms with Crippen LogP contribution in [0.4, 0.5) is 0 Å². The lowest BCUT2D eigenvalue weighted by atomic mass is 10.0. The van der Waals surface area contributed by atoms with Gasteiger partial charge in [0, 0.05) is 18.2 Å². The molecule has 22 heavy (non-hydrogen) atoms. The maximum Gasteiger partial charge on any atom is 0.255 e. The van der Waals surface area contributed by atoms with Gasteiger partial charge in [-0.2, -0.15) is 0 Å². The van der Waals surface area contributed by atoms with Crippen molar-refractivity contribution in [3.8, 4) is 11.3 Å². The highest BCUT2D eigenvalue weighted by Crippen LogP contribution is 2.25. The molecule has 0 amide bonds. The molecule has 2 rings (SSSR count). The standard InChI is InChI=1S/C19H26N2O/c1-6-15(4)21-18(10-9-17(12-20-5)19(21)22)16-8-7-13(2)14(3)11-16/h7-11,15,20H,6,12H2,1-5H3. The Hall–Kier alpha value is -1.87. The van der Waals surface area contributed by atoms with Crippen molar-refractivity contribution in [3.63, 3.8) is 0 Å². The fourth-order valence-electron chi connectivity index (χ4n) is 2.68. The average molecular weight is 298 g/mol. The lowest BCUT2D eigenvalue weighted by molar-refractivity contribution is 0.515. The average Bonchev–Trinajstić information content (AvgIpc) is 2.51. The Morgan fingerprint density at radius 2 is 1.86 bits per heavy atom. The second kappa shape index (κ2) is 6.93. The van der Waals surface area contributed by atoms with Gasteiger partial charge in [0.2, 0.25) is 0 Å². The molecule has 0 fully saturated rings. The molecule has 0 saturated heterocycles. The van der Waals surface area contributed by atoms with E-state index in [-0.39, 0.29) is 11.6 Å². The molecule has 0 aliphatic heterocycles. The summed E-state index contributed by atoms with van der Waals surface area (Å²) in [6.07, 6.45) is 0.931. The van der Waals surface area contributed by atoms with E-state index in [1.54, 1.807) is 0 Å². The molecule has 0 aliphatic rings. The van der Waals surface area contributed by atoms with E-state index in [0.717, 1.165) is 23.2 Å². The molecule has 1 heterocycles. The van der Waals surface area contributed by atoms with E-state index in [9.17, 15) is 4.79 Å². The molecule has 0 aliphatic carbocycles. The van der Waals surface area contributed by atoms with Crippen LogP contribution in [0.2, 0.25) is 0 Å². The Morgan fingerprint density at radius 1 is 1.14 bits per heavy atom. The summed E-state index contributed by atoms with van der Waals surface area (Å²) in [6, 6.07) is 10.6. The maximum absolute atomic E-state index is 12.8. The van der Waals surface area contributed by atoms with E-state index in [1.807, 2.05) is 17.7 Å². The smallest absolute Gasteiger partial charge is 0.255 e. The van der Waals surface area contributed by atoms with E-state index in [4.69, 9.17) is 0 Å². The molecular formula is C19H26N2O. The molecule has 118 valence electrons. The van der Waals surface area contributed by atoms with Gasteiger partial charge in [0.05, 0.1) is 5.69 Å². The molecule has 0 radical (unpaired) electrons. The summed E-state index contributed by atoms with van der Waals surface area (Å²) in [6.45, 7) is 9.04. The van der Waals surface area contributed by atoms with Gasteiger partial charge >= 0.3 is 0 Å². The summed E-state index contributed by atoms with van der Waals surface area (Å²) in [4.78, 5) is 12.8. The zero-order valence-electron chi connectivity index (χ0n) is 14.2. The Labute approximate surface area is 133 Å². The Bertz CT molecular complexity index is 716. The van der Waals surface area contributed by atoms with Crippen molar-refractivity contribution >= 4 is 0 Å². The first kappa shape index (κ1) is 16.5. The fraction of sp³-hybridized carbons (Fsp3) is 0.421. The number of aromatic nitrogens is 1. The van der Waals surface area contributed by atoms with Crippen LogP contribution in [0.15, 0.2) is 35.1 Å². The molecule has 3 nitrogen and oxygen atoms in total. The van der Waals surface area contributed by atoms with Crippen molar-refractivity contribution in [3.05, 3.63) is 57.4 Å². The first-order valence-electron chi connectivity index (χ1n) is 7.96. The highest BCUT2D eigenvalue weighted by molar-refractivity contribution is 5.62. The summed E-state index contributed by atoms with van der Waals surface area (Å²) < 4.78 is 1.94. The minimum atomic E-state index is 0.111. The number of aryl methyl sites for hydroxylation is 2. The third kappa shape index (κ3) is 3.14. The van der Waals surface area contributed by atoms with Crippen LogP contribution in [0, 0.1) is 13.8 Å². The van der Waals surface area contributed by atoms with Crippen molar-refractivity contribution in [2.45, 2.75) is 46.7 Å². The van der Waals surface area contributed by atoms with Crippen molar-refractivity contribution < 1.29 is 0 Å². The first-order chi connectivity index (χ1) is 10.5. The van der Waals surface area contributed by atoms with Crippen LogP contribution in [-0.4, -0.2) is 11.6 Å². The topological polar surface area (TPSA) is 34.0 Å². The molecule has 0 saturated carbocycles. The maximum atomic E-state index is 12.8. The highest BCUT2D eigenvalue weighted by atomic mass is 16.1. The van der Waals surface area contributed by atoms with E-state index >= 15 is 0 Å². The summed E-state index contributed by atoms with van der Waals surface area (Å²) in [5.74, 6) is 0. The molecule has 1 aromatic carbocycles. The number of benzene rings is 1. The zero-order chi connectivity index (χ0) is 16.3. The van der Waals surface area contributed by atoms with Crippen LogP contribution in [0.25, 0.3) is 11.3 Å². The van der Waals surface area contributed by atoms with Crippen molar-refractivity contribution in [2.24, 2.45) is 0 Å². The summed E-state index contributed by atoms with van der Waals surface area (Å²) in [5, 5.41) is 3.07. The molecule has 2 aromatic rings. The van der Waals surface area contributed by atoms with Gasteiger partial charge in [-0.25, -0.2) is 0 Å². The molecular weight excluding hydrogens is 272 g/mol. The SMILES string of the molecule is CCC(C)n1c(-c2ccc(C)c(C)c2)ccc(CNC)c1=O. The van der Waals surface area contributed by atoms with Gasteiger partial charge in [-0.1, -0.05) is 25.1 Å². The van der Waals surface area contributed by atoms with E-state index in [2.05, 4.69) is 57.3 Å². The van der Waals surface area contributed by atoms with E-state index in [0.29, 0.717) is 6.54 Å². The van der Waals surface area contributed by atoms with Gasteiger partial charge in [0.1, 0.15) is 0 Å². The summed E-state index contributed by atoms with van der Waals surface area (Å²) in [7, 11) is 1.87. The van der Waals surface area contributed by atoms with E-state index in [1.165, 1.54) is 11.1 Å². The van der Waals surface area contributed by atoms with Gasteiger partial charge in [0.15, 0.2) is 0 Å². The van der Waals surface area contributed by atoms with Crippen molar-refractivity contribution in [1.82, 2.24) is 9.88 Å². The molecule has 1 atom stereocenters. The van der Waals surface area contributed by atoms with Crippen LogP contribution in [0.5, 0.6) is 0 Å². The molecule has 3 heteroatoms. The van der Waals surface area contributed by atoms with Gasteiger partial charge < -0.3 is 9.88 Å². The second-order valence-electron chi connectivity index (χ2n) is 6.01. The van der Waals surface area contributed by atoms with Crippen LogP contribution in [-0.2, 0) is 6.54 Å². The van der Waals surface area contributed by atoms with Gasteiger partial charge in [-0.15, -0.1) is 0 Å². The van der Waals surface area contributed by atoms with E-state index < -0.39 is 0 Å². The molecule has 1 unspecified atom stereocenters. The monoisotopic (exact) mass is 298 g/mol. The lowest BCUT2D eigenvalue weighted by Gasteiger charge is -2.20. The summed E-state index contributed by atoms with van der Waals surface area (Å²) in [5.41, 5.74) is 5.56. The zero-order valence-corrected chi connectivity index (χ0v) is 14.2. The largest absolute Gasteiger partial charge is 0.315 e. The Balaban J connectivity index is 2.66. The quantitative estimate of drug-likeness (QED) is 0.910. The third-order valence-electron chi connectivity index (χ3n) is 4.40. The predicted octanol–water partition coefficient (Wildman–Crippen LogP) is 3.82. The fourth-order valence-corrected chi connectivity index (χ4v) is 2.68. The molecule has 1 N–H and O–H groups in total. The van der Waals surface area contributed by atoms with Gasteiger partial charge in [-0.3, -0.25) is 4.79 Å². The third-order valence-corrected chi connectivity index (χ3v) is 4.40. The van der Waals surface area contributed by atoms with Crippen LogP contribution >= 0.6 is 0 Å². The number of hydrogen-bond donors (Lipinski definition) is 1. The molecule has 0 spiro atoms. The van der Waals surface area contributed by atoms with Crippen LogP contribution in [0.1, 0.15) is 43.0 Å². The number of hydrogen-bond acceptors (Lipinski definition) is 2. The molecule has 1 aromatic heterocycles. The number of nitrogens with one attached hydrogen (secondary N) is 1. The van der Waals surface area contributed by atoms with Crippen molar-refractivity contribution in [2.75, 3.05) is 7.05 Å². The Morgan fingerprint density at radius 3 is 2.45 bits per heavy atom. The van der Waals surface area contributed by atoms with Gasteiger partial charge in [0.25, 0.3) is 5.56 Å².